The van der Waals surface area contributed by atoms with E-state index >= 15 is 0 Å². The fraction of sp³-hybridized carbons (Fsp3) is 0.267. The van der Waals surface area contributed by atoms with Crippen molar-refractivity contribution in [2.45, 2.75) is 26.7 Å². The fourth-order valence-corrected chi connectivity index (χ4v) is 2.47. The molecule has 2 aromatic heterocycles. The molecule has 0 amide bonds. The largest absolute Gasteiger partial charge is 0.353 e. The highest BCUT2D eigenvalue weighted by Gasteiger charge is 2.09. The summed E-state index contributed by atoms with van der Waals surface area (Å²) in [4.78, 5) is 8.15. The van der Waals surface area contributed by atoms with Crippen molar-refractivity contribution in [3.8, 4) is 0 Å². The first-order valence-electron chi connectivity index (χ1n) is 6.16. The molecule has 3 aromatic rings. The zero-order valence-electron chi connectivity index (χ0n) is 10.2. The number of para-hydroxylation sites is 1. The van der Waals surface area contributed by atoms with Crippen LogP contribution in [0.25, 0.3) is 21.8 Å². The lowest BCUT2D eigenvalue weighted by molar-refractivity contribution is 0.883. The maximum Gasteiger partial charge on any atom is 0.0684 e. The van der Waals surface area contributed by atoms with E-state index < -0.39 is 0 Å². The number of pyridine rings is 1. The van der Waals surface area contributed by atoms with E-state index in [1.54, 1.807) is 0 Å². The van der Waals surface area contributed by atoms with Crippen molar-refractivity contribution in [1.82, 2.24) is 9.97 Å². The number of rotatable bonds is 2. The second-order valence-electron chi connectivity index (χ2n) is 4.55. The van der Waals surface area contributed by atoms with Gasteiger partial charge < -0.3 is 4.98 Å². The molecule has 0 bridgehead atoms. The van der Waals surface area contributed by atoms with Gasteiger partial charge in [0.1, 0.15) is 0 Å². The molecule has 0 saturated heterocycles. The number of aryl methyl sites for hydroxylation is 2. The Morgan fingerprint density at radius 3 is 2.82 bits per heavy atom. The van der Waals surface area contributed by atoms with Crippen LogP contribution in [-0.2, 0) is 6.42 Å². The number of fused-ring (bicyclic) bond motifs is 3. The number of nitrogens with zero attached hydrogens (tertiary/aromatic N) is 1. The highest BCUT2D eigenvalue weighted by molar-refractivity contribution is 6.07. The van der Waals surface area contributed by atoms with Crippen molar-refractivity contribution in [1.29, 1.82) is 0 Å². The summed E-state index contributed by atoms with van der Waals surface area (Å²) in [6.07, 6.45) is 2.16. The second-order valence-corrected chi connectivity index (χ2v) is 4.55. The lowest BCUT2D eigenvalue weighted by atomic mass is 10.1. The lowest BCUT2D eigenvalue weighted by Gasteiger charge is -2.02. The monoisotopic (exact) mass is 224 g/mol. The molecule has 2 heteroatoms. The minimum absolute atomic E-state index is 1.03. The summed E-state index contributed by atoms with van der Waals surface area (Å²) in [5, 5.41) is 2.60. The lowest BCUT2D eigenvalue weighted by Crippen LogP contribution is -1.93. The number of aromatic nitrogens is 2. The van der Waals surface area contributed by atoms with Crippen LogP contribution < -0.4 is 0 Å². The first kappa shape index (κ1) is 10.3. The van der Waals surface area contributed by atoms with Crippen molar-refractivity contribution < 1.29 is 0 Å². The molecule has 3 rings (SSSR count). The summed E-state index contributed by atoms with van der Waals surface area (Å²) in [5.41, 5.74) is 4.70. The summed E-state index contributed by atoms with van der Waals surface area (Å²) in [5.74, 6) is 0. The summed E-state index contributed by atoms with van der Waals surface area (Å²) in [7, 11) is 0. The van der Waals surface area contributed by atoms with Gasteiger partial charge in [-0.25, -0.2) is 0 Å². The maximum absolute atomic E-state index is 4.66. The van der Waals surface area contributed by atoms with Crippen LogP contribution in [-0.4, -0.2) is 9.97 Å². The summed E-state index contributed by atoms with van der Waals surface area (Å²) in [6, 6.07) is 10.6. The summed E-state index contributed by atoms with van der Waals surface area (Å²) >= 11 is 0. The van der Waals surface area contributed by atoms with Crippen LogP contribution in [0.3, 0.4) is 0 Å². The molecule has 0 fully saturated rings. The van der Waals surface area contributed by atoms with Gasteiger partial charge in [0, 0.05) is 22.0 Å². The first-order chi connectivity index (χ1) is 8.29. The molecule has 0 spiro atoms. The number of nitrogens with one attached hydrogen (secondary N) is 1. The predicted molar refractivity (Wildman–Crippen MR) is 72.3 cm³/mol. The van der Waals surface area contributed by atoms with E-state index in [1.807, 2.05) is 0 Å². The number of aromatic amines is 1. The van der Waals surface area contributed by atoms with E-state index in [2.05, 4.69) is 54.1 Å². The Bertz CT molecular complexity index is 680. The van der Waals surface area contributed by atoms with Gasteiger partial charge >= 0.3 is 0 Å². The Hall–Kier alpha value is -1.83. The molecule has 0 radical (unpaired) electrons. The topological polar surface area (TPSA) is 28.7 Å². The van der Waals surface area contributed by atoms with E-state index in [-0.39, 0.29) is 0 Å². The average Bonchev–Trinajstić information content (AvgIpc) is 2.69. The number of benzene rings is 1. The molecule has 0 aliphatic heterocycles. The van der Waals surface area contributed by atoms with Gasteiger partial charge in [-0.3, -0.25) is 4.98 Å². The zero-order valence-corrected chi connectivity index (χ0v) is 10.2. The van der Waals surface area contributed by atoms with Gasteiger partial charge in [-0.1, -0.05) is 31.5 Å². The molecule has 1 aromatic carbocycles. The van der Waals surface area contributed by atoms with E-state index in [0.29, 0.717) is 0 Å². The second kappa shape index (κ2) is 3.88. The van der Waals surface area contributed by atoms with Gasteiger partial charge in [-0.2, -0.15) is 0 Å². The molecule has 0 aliphatic carbocycles. The van der Waals surface area contributed by atoms with Crippen LogP contribution in [0.2, 0.25) is 0 Å². The Kier molecular flexibility index (Phi) is 2.36. The van der Waals surface area contributed by atoms with Gasteiger partial charge in [0.15, 0.2) is 0 Å². The van der Waals surface area contributed by atoms with Crippen LogP contribution >= 0.6 is 0 Å². The SMILES string of the molecule is CCCc1nc(C)cc2c1[nH]c1ccccc12. The van der Waals surface area contributed by atoms with Crippen LogP contribution in [0.4, 0.5) is 0 Å². The van der Waals surface area contributed by atoms with Gasteiger partial charge in [0.05, 0.1) is 11.2 Å². The zero-order chi connectivity index (χ0) is 11.8. The molecular weight excluding hydrogens is 208 g/mol. The highest BCUT2D eigenvalue weighted by Crippen LogP contribution is 2.27. The van der Waals surface area contributed by atoms with Crippen LogP contribution in [0, 0.1) is 6.92 Å². The van der Waals surface area contributed by atoms with E-state index in [1.165, 1.54) is 27.5 Å². The predicted octanol–water partition coefficient (Wildman–Crippen LogP) is 3.98. The van der Waals surface area contributed by atoms with Crippen molar-refractivity contribution in [2.24, 2.45) is 0 Å². The van der Waals surface area contributed by atoms with Crippen molar-refractivity contribution >= 4 is 21.8 Å². The molecular formula is C15H16N2. The van der Waals surface area contributed by atoms with Gasteiger partial charge in [0.2, 0.25) is 0 Å². The molecule has 0 aliphatic rings. The van der Waals surface area contributed by atoms with E-state index in [4.69, 9.17) is 0 Å². The molecule has 0 atom stereocenters. The van der Waals surface area contributed by atoms with Crippen LogP contribution in [0.1, 0.15) is 24.7 Å². The van der Waals surface area contributed by atoms with E-state index in [9.17, 15) is 0 Å². The maximum atomic E-state index is 4.66. The van der Waals surface area contributed by atoms with Gasteiger partial charge in [-0.05, 0) is 25.5 Å². The van der Waals surface area contributed by atoms with Crippen molar-refractivity contribution in [2.75, 3.05) is 0 Å². The van der Waals surface area contributed by atoms with Crippen LogP contribution in [0.5, 0.6) is 0 Å². The summed E-state index contributed by atoms with van der Waals surface area (Å²) in [6.45, 7) is 4.26. The standard InChI is InChI=1S/C15H16N2/c1-3-6-14-15-12(9-10(2)16-14)11-7-4-5-8-13(11)17-15/h4-5,7-9,17H,3,6H2,1-2H3. The fourth-order valence-electron chi connectivity index (χ4n) is 2.47. The average molecular weight is 224 g/mol. The molecule has 86 valence electrons. The third-order valence-electron chi connectivity index (χ3n) is 3.19. The molecule has 1 N–H and O–H groups in total. The van der Waals surface area contributed by atoms with Gasteiger partial charge in [0.25, 0.3) is 0 Å². The molecule has 2 nitrogen and oxygen atoms in total. The minimum atomic E-state index is 1.03. The van der Waals surface area contributed by atoms with Crippen LogP contribution in [0.15, 0.2) is 30.3 Å². The number of H-pyrrole nitrogens is 1. The molecule has 17 heavy (non-hydrogen) atoms. The highest BCUT2D eigenvalue weighted by atomic mass is 14.8. The Morgan fingerprint density at radius 1 is 1.18 bits per heavy atom. The molecule has 0 saturated carbocycles. The third kappa shape index (κ3) is 1.60. The number of hydrogen-bond donors (Lipinski definition) is 1. The minimum Gasteiger partial charge on any atom is -0.353 e. The quantitative estimate of drug-likeness (QED) is 0.700. The van der Waals surface area contributed by atoms with Gasteiger partial charge in [-0.15, -0.1) is 0 Å². The third-order valence-corrected chi connectivity index (χ3v) is 3.19. The normalized spacial score (nSPS) is 11.4. The summed E-state index contributed by atoms with van der Waals surface area (Å²) < 4.78 is 0. The first-order valence-corrected chi connectivity index (χ1v) is 6.16. The molecule has 2 heterocycles. The smallest absolute Gasteiger partial charge is 0.0684 e. The Labute approximate surface area is 101 Å². The van der Waals surface area contributed by atoms with Crippen molar-refractivity contribution in [3.63, 3.8) is 0 Å². The number of hydrogen-bond acceptors (Lipinski definition) is 1. The molecule has 0 unspecified atom stereocenters. The Balaban J connectivity index is 2.42. The Morgan fingerprint density at radius 2 is 2.00 bits per heavy atom. The van der Waals surface area contributed by atoms with E-state index in [0.717, 1.165) is 18.5 Å². The van der Waals surface area contributed by atoms with Crippen molar-refractivity contribution in [3.05, 3.63) is 41.7 Å².